The molecule has 2 N–H and O–H groups in total. The van der Waals surface area contributed by atoms with Gasteiger partial charge in [-0.2, -0.15) is 0 Å². The first kappa shape index (κ1) is 13.5. The molecule has 0 unspecified atom stereocenters. The van der Waals surface area contributed by atoms with Gasteiger partial charge in [0, 0.05) is 6.20 Å². The van der Waals surface area contributed by atoms with Crippen molar-refractivity contribution in [3.63, 3.8) is 0 Å². The molecule has 0 aliphatic heterocycles. The maximum Gasteiger partial charge on any atom is 0.328 e. The van der Waals surface area contributed by atoms with Gasteiger partial charge in [-0.15, -0.1) is 0 Å². The fraction of sp³-hybridized carbons (Fsp3) is 0.667. The van der Waals surface area contributed by atoms with Crippen LogP contribution < -0.4 is 5.73 Å². The number of imidazole rings is 1. The minimum absolute atomic E-state index is 0.237. The number of unbranched alkanes of at least 4 members (excludes halogenated alkanes) is 3. The molecule has 1 aromatic rings. The number of hydrogen-bond acceptors (Lipinski definition) is 4. The summed E-state index contributed by atoms with van der Waals surface area (Å²) in [6.45, 7) is 2.16. The maximum absolute atomic E-state index is 11.7. The Morgan fingerprint density at radius 3 is 2.82 bits per heavy atom. The number of anilines is 1. The van der Waals surface area contributed by atoms with E-state index in [0.29, 0.717) is 5.82 Å². The fourth-order valence-corrected chi connectivity index (χ4v) is 1.81. The minimum atomic E-state index is -0.304. The van der Waals surface area contributed by atoms with Crippen molar-refractivity contribution in [1.29, 1.82) is 0 Å². The number of aromatic nitrogens is 2. The van der Waals surface area contributed by atoms with Gasteiger partial charge in [0.25, 0.3) is 0 Å². The van der Waals surface area contributed by atoms with E-state index >= 15 is 0 Å². The number of carbonyl (C=O) groups excluding carboxylic acids is 1. The predicted molar refractivity (Wildman–Crippen MR) is 66.5 cm³/mol. The lowest BCUT2D eigenvalue weighted by atomic mass is 10.1. The molecule has 1 heterocycles. The molecule has 0 aromatic carbocycles. The van der Waals surface area contributed by atoms with E-state index in [-0.39, 0.29) is 12.0 Å². The molecule has 17 heavy (non-hydrogen) atoms. The smallest absolute Gasteiger partial charge is 0.328 e. The second-order valence-electron chi connectivity index (χ2n) is 4.13. The Labute approximate surface area is 102 Å². The van der Waals surface area contributed by atoms with Gasteiger partial charge >= 0.3 is 5.97 Å². The second kappa shape index (κ2) is 6.93. The molecule has 1 rings (SSSR count). The highest BCUT2D eigenvalue weighted by molar-refractivity contribution is 5.74. The van der Waals surface area contributed by atoms with Gasteiger partial charge in [0.15, 0.2) is 0 Å². The summed E-state index contributed by atoms with van der Waals surface area (Å²) < 4.78 is 6.53. The molecule has 0 bridgehead atoms. The van der Waals surface area contributed by atoms with E-state index in [0.717, 1.165) is 19.3 Å². The molecule has 0 radical (unpaired) electrons. The molecular weight excluding hydrogens is 218 g/mol. The zero-order chi connectivity index (χ0) is 12.7. The number of rotatable bonds is 7. The van der Waals surface area contributed by atoms with E-state index in [1.165, 1.54) is 20.0 Å². The van der Waals surface area contributed by atoms with Gasteiger partial charge in [0.1, 0.15) is 11.9 Å². The Kier molecular flexibility index (Phi) is 5.52. The van der Waals surface area contributed by atoms with E-state index in [1.54, 1.807) is 17.1 Å². The predicted octanol–water partition coefficient (Wildman–Crippen LogP) is 2.15. The van der Waals surface area contributed by atoms with Gasteiger partial charge in [0.05, 0.1) is 13.4 Å². The Morgan fingerprint density at radius 1 is 1.53 bits per heavy atom. The van der Waals surface area contributed by atoms with Crippen molar-refractivity contribution in [2.75, 3.05) is 12.8 Å². The summed E-state index contributed by atoms with van der Waals surface area (Å²) in [7, 11) is 1.40. The molecular formula is C12H21N3O2. The van der Waals surface area contributed by atoms with Crippen LogP contribution in [0.2, 0.25) is 0 Å². The zero-order valence-electron chi connectivity index (χ0n) is 10.6. The normalized spacial score (nSPS) is 12.4. The Bertz CT molecular complexity index is 349. The van der Waals surface area contributed by atoms with Crippen LogP contribution in [0.5, 0.6) is 0 Å². The first-order valence-corrected chi connectivity index (χ1v) is 6.05. The summed E-state index contributed by atoms with van der Waals surface area (Å²) in [4.78, 5) is 15.6. The SMILES string of the molecule is CCCCCC[C@H](C(=O)OC)n1cnc(N)c1. The highest BCUT2D eigenvalue weighted by atomic mass is 16.5. The number of ether oxygens (including phenoxy) is 1. The molecule has 0 fully saturated rings. The molecule has 1 aromatic heterocycles. The second-order valence-corrected chi connectivity index (χ2v) is 4.13. The Morgan fingerprint density at radius 2 is 2.29 bits per heavy atom. The van der Waals surface area contributed by atoms with Gasteiger partial charge in [-0.1, -0.05) is 32.6 Å². The summed E-state index contributed by atoms with van der Waals surface area (Å²) in [6, 6.07) is -0.304. The van der Waals surface area contributed by atoms with Crippen LogP contribution in [0, 0.1) is 0 Å². The lowest BCUT2D eigenvalue weighted by Gasteiger charge is -2.15. The van der Waals surface area contributed by atoms with Gasteiger partial charge in [0.2, 0.25) is 0 Å². The number of nitrogens with zero attached hydrogens (tertiary/aromatic N) is 2. The highest BCUT2D eigenvalue weighted by Gasteiger charge is 2.20. The van der Waals surface area contributed by atoms with Crippen LogP contribution in [0.25, 0.3) is 0 Å². The molecule has 0 aliphatic carbocycles. The van der Waals surface area contributed by atoms with Crippen molar-refractivity contribution in [3.8, 4) is 0 Å². The molecule has 0 spiro atoms. The number of esters is 1. The summed E-state index contributed by atoms with van der Waals surface area (Å²) >= 11 is 0. The van der Waals surface area contributed by atoms with Crippen LogP contribution in [-0.4, -0.2) is 22.6 Å². The van der Waals surface area contributed by atoms with Crippen molar-refractivity contribution >= 4 is 11.8 Å². The third-order valence-corrected chi connectivity index (χ3v) is 2.79. The van der Waals surface area contributed by atoms with Crippen LogP contribution in [0.1, 0.15) is 45.1 Å². The summed E-state index contributed by atoms with van der Waals surface area (Å²) in [5, 5.41) is 0. The summed E-state index contributed by atoms with van der Waals surface area (Å²) in [6.07, 6.45) is 8.53. The average molecular weight is 239 g/mol. The van der Waals surface area contributed by atoms with E-state index in [9.17, 15) is 4.79 Å². The van der Waals surface area contributed by atoms with Crippen molar-refractivity contribution in [2.45, 2.75) is 45.1 Å². The third kappa shape index (κ3) is 4.09. The van der Waals surface area contributed by atoms with Crippen LogP contribution in [-0.2, 0) is 9.53 Å². The molecule has 0 amide bonds. The summed E-state index contributed by atoms with van der Waals surface area (Å²) in [5.74, 6) is 0.186. The number of nitrogen functional groups attached to an aromatic ring is 1. The number of hydrogen-bond donors (Lipinski definition) is 1. The lowest BCUT2D eigenvalue weighted by Crippen LogP contribution is -2.19. The molecule has 1 atom stereocenters. The minimum Gasteiger partial charge on any atom is -0.467 e. The fourth-order valence-electron chi connectivity index (χ4n) is 1.81. The van der Waals surface area contributed by atoms with Crippen molar-refractivity contribution < 1.29 is 9.53 Å². The molecule has 0 aliphatic rings. The van der Waals surface area contributed by atoms with Gasteiger partial charge in [-0.25, -0.2) is 9.78 Å². The monoisotopic (exact) mass is 239 g/mol. The summed E-state index contributed by atoms with van der Waals surface area (Å²) in [5.41, 5.74) is 5.55. The largest absolute Gasteiger partial charge is 0.467 e. The van der Waals surface area contributed by atoms with E-state index in [2.05, 4.69) is 11.9 Å². The standard InChI is InChI=1S/C12H21N3O2/c1-3-4-5-6-7-10(12(16)17-2)15-8-11(13)14-9-15/h8-10H,3-7,13H2,1-2H3/t10-/m1/s1. The number of carbonyl (C=O) groups is 1. The first-order chi connectivity index (χ1) is 8.19. The molecule has 0 saturated heterocycles. The number of nitrogens with two attached hydrogens (primary N) is 1. The molecule has 0 saturated carbocycles. The third-order valence-electron chi connectivity index (χ3n) is 2.79. The average Bonchev–Trinajstić information content (AvgIpc) is 2.75. The quantitative estimate of drug-likeness (QED) is 0.584. The van der Waals surface area contributed by atoms with Crippen molar-refractivity contribution in [1.82, 2.24) is 9.55 Å². The van der Waals surface area contributed by atoms with Crippen LogP contribution >= 0.6 is 0 Å². The molecule has 5 heteroatoms. The van der Waals surface area contributed by atoms with Crippen molar-refractivity contribution in [2.24, 2.45) is 0 Å². The first-order valence-electron chi connectivity index (χ1n) is 6.05. The Balaban J connectivity index is 2.58. The van der Waals surface area contributed by atoms with Crippen molar-refractivity contribution in [3.05, 3.63) is 12.5 Å². The zero-order valence-corrected chi connectivity index (χ0v) is 10.6. The lowest BCUT2D eigenvalue weighted by molar-refractivity contribution is -0.144. The van der Waals surface area contributed by atoms with E-state index in [4.69, 9.17) is 10.5 Å². The van der Waals surface area contributed by atoms with Crippen LogP contribution in [0.3, 0.4) is 0 Å². The highest BCUT2D eigenvalue weighted by Crippen LogP contribution is 2.18. The van der Waals surface area contributed by atoms with Crippen LogP contribution in [0.4, 0.5) is 5.82 Å². The Hall–Kier alpha value is -1.52. The van der Waals surface area contributed by atoms with Gasteiger partial charge < -0.3 is 15.0 Å². The van der Waals surface area contributed by atoms with E-state index < -0.39 is 0 Å². The number of methoxy groups -OCH3 is 1. The topological polar surface area (TPSA) is 70.1 Å². The van der Waals surface area contributed by atoms with Crippen LogP contribution in [0.15, 0.2) is 12.5 Å². The molecule has 96 valence electrons. The van der Waals surface area contributed by atoms with E-state index in [1.807, 2.05) is 0 Å². The van der Waals surface area contributed by atoms with Gasteiger partial charge in [-0.3, -0.25) is 0 Å². The van der Waals surface area contributed by atoms with Gasteiger partial charge in [-0.05, 0) is 6.42 Å². The maximum atomic E-state index is 11.7. The molecule has 5 nitrogen and oxygen atoms in total.